The summed E-state index contributed by atoms with van der Waals surface area (Å²) in [6.45, 7) is 0.997. The maximum Gasteiger partial charge on any atom is 0.573 e. The molecule has 0 bridgehead atoms. The van der Waals surface area contributed by atoms with Crippen molar-refractivity contribution >= 4 is 0 Å². The first kappa shape index (κ1) is 13.1. The van der Waals surface area contributed by atoms with Crippen LogP contribution in [0.2, 0.25) is 0 Å². The summed E-state index contributed by atoms with van der Waals surface area (Å²) in [4.78, 5) is 0. The van der Waals surface area contributed by atoms with Crippen LogP contribution < -0.4 is 10.1 Å². The van der Waals surface area contributed by atoms with Crippen molar-refractivity contribution in [3.8, 4) is 5.75 Å². The van der Waals surface area contributed by atoms with Gasteiger partial charge in [0.1, 0.15) is 11.9 Å². The molecule has 1 aromatic rings. The Hall–Kier alpha value is -1.30. The van der Waals surface area contributed by atoms with Crippen LogP contribution in [0.5, 0.6) is 5.75 Å². The molecule has 2 rings (SSSR count). The predicted molar refractivity (Wildman–Crippen MR) is 58.2 cm³/mol. The monoisotopic (exact) mass is 263 g/mol. The summed E-state index contributed by atoms with van der Waals surface area (Å²) in [5.74, 6) is -0.540. The summed E-state index contributed by atoms with van der Waals surface area (Å²) in [7, 11) is 0. The van der Waals surface area contributed by atoms with Gasteiger partial charge < -0.3 is 10.1 Å². The lowest BCUT2D eigenvalue weighted by molar-refractivity contribution is -0.274. The lowest BCUT2D eigenvalue weighted by Crippen LogP contribution is -2.36. The van der Waals surface area contributed by atoms with Gasteiger partial charge in [0.2, 0.25) is 0 Å². The number of piperidine rings is 1. The summed E-state index contributed by atoms with van der Waals surface area (Å²) in [5.41, 5.74) is 0.707. The fourth-order valence-corrected chi connectivity index (χ4v) is 2.11. The van der Waals surface area contributed by atoms with Crippen molar-refractivity contribution < 1.29 is 22.3 Å². The Labute approximate surface area is 102 Å². The molecule has 0 amide bonds. The fraction of sp³-hybridized carbons (Fsp3) is 0.500. The lowest BCUT2D eigenvalue weighted by Gasteiger charge is -2.27. The molecule has 0 spiro atoms. The van der Waals surface area contributed by atoms with Crippen molar-refractivity contribution in [2.45, 2.75) is 24.9 Å². The molecular formula is C12H13F4NO. The molecule has 0 aliphatic carbocycles. The minimum atomic E-state index is -4.70. The second kappa shape index (κ2) is 5.14. The van der Waals surface area contributed by atoms with Crippen LogP contribution >= 0.6 is 0 Å². The predicted octanol–water partition coefficient (Wildman–Crippen LogP) is 3.00. The Bertz CT molecular complexity index is 390. The maximum atomic E-state index is 13.6. The number of halogens is 4. The highest BCUT2D eigenvalue weighted by Crippen LogP contribution is 2.30. The van der Waals surface area contributed by atoms with Crippen molar-refractivity contribution in [2.24, 2.45) is 0 Å². The molecule has 1 saturated heterocycles. The standard InChI is InChI=1S/C12H13F4NO/c13-11-7-17-6-5-10(11)8-1-3-9(4-2-8)18-12(14,15)16/h1-4,10-11,17H,5-7H2/t10-,11+/m1/s1. The third-order valence-electron chi connectivity index (χ3n) is 2.95. The van der Waals surface area contributed by atoms with E-state index in [0.717, 1.165) is 0 Å². The Kier molecular flexibility index (Phi) is 3.75. The molecule has 100 valence electrons. The first-order chi connectivity index (χ1) is 8.46. The van der Waals surface area contributed by atoms with Gasteiger partial charge in [-0.25, -0.2) is 4.39 Å². The summed E-state index contributed by atoms with van der Waals surface area (Å²) in [6, 6.07) is 5.42. The second-order valence-corrected chi connectivity index (χ2v) is 4.23. The van der Waals surface area contributed by atoms with Gasteiger partial charge in [0, 0.05) is 12.5 Å². The molecule has 0 unspecified atom stereocenters. The zero-order valence-electron chi connectivity index (χ0n) is 9.51. The van der Waals surface area contributed by atoms with Crippen LogP contribution in [-0.2, 0) is 0 Å². The van der Waals surface area contributed by atoms with E-state index in [0.29, 0.717) is 18.5 Å². The SMILES string of the molecule is F[C@H]1CNCC[C@@H]1c1ccc(OC(F)(F)F)cc1. The largest absolute Gasteiger partial charge is 0.573 e. The molecule has 0 saturated carbocycles. The Morgan fingerprint density at radius 1 is 1.17 bits per heavy atom. The second-order valence-electron chi connectivity index (χ2n) is 4.23. The van der Waals surface area contributed by atoms with E-state index in [-0.39, 0.29) is 18.2 Å². The molecule has 1 fully saturated rings. The number of hydrogen-bond donors (Lipinski definition) is 1. The Morgan fingerprint density at radius 2 is 1.83 bits per heavy atom. The molecule has 2 nitrogen and oxygen atoms in total. The van der Waals surface area contributed by atoms with Gasteiger partial charge >= 0.3 is 6.36 Å². The molecule has 18 heavy (non-hydrogen) atoms. The van der Waals surface area contributed by atoms with Gasteiger partial charge in [0.15, 0.2) is 0 Å². The number of alkyl halides is 4. The fourth-order valence-electron chi connectivity index (χ4n) is 2.11. The van der Waals surface area contributed by atoms with Gasteiger partial charge in [0.25, 0.3) is 0 Å². The smallest absolute Gasteiger partial charge is 0.406 e. The van der Waals surface area contributed by atoms with E-state index < -0.39 is 12.5 Å². The van der Waals surface area contributed by atoms with Gasteiger partial charge in [0.05, 0.1) is 0 Å². The molecule has 1 aromatic carbocycles. The number of hydrogen-bond acceptors (Lipinski definition) is 2. The third-order valence-corrected chi connectivity index (χ3v) is 2.95. The summed E-state index contributed by atoms with van der Waals surface area (Å²) in [5, 5.41) is 2.93. The number of benzene rings is 1. The Morgan fingerprint density at radius 3 is 2.39 bits per heavy atom. The van der Waals surface area contributed by atoms with E-state index in [2.05, 4.69) is 10.1 Å². The minimum absolute atomic E-state index is 0.258. The average Bonchev–Trinajstić information content (AvgIpc) is 2.29. The van der Waals surface area contributed by atoms with Gasteiger partial charge in [-0.2, -0.15) is 0 Å². The van der Waals surface area contributed by atoms with Crippen molar-refractivity contribution in [1.29, 1.82) is 0 Å². The minimum Gasteiger partial charge on any atom is -0.406 e. The maximum absolute atomic E-state index is 13.6. The van der Waals surface area contributed by atoms with E-state index in [1.54, 1.807) is 0 Å². The van der Waals surface area contributed by atoms with E-state index >= 15 is 0 Å². The molecule has 0 radical (unpaired) electrons. The summed E-state index contributed by atoms with van der Waals surface area (Å²) in [6.07, 6.45) is -5.06. The van der Waals surface area contributed by atoms with Gasteiger partial charge in [-0.3, -0.25) is 0 Å². The molecule has 1 heterocycles. The van der Waals surface area contributed by atoms with Gasteiger partial charge in [-0.1, -0.05) is 12.1 Å². The zero-order valence-corrected chi connectivity index (χ0v) is 9.51. The van der Waals surface area contributed by atoms with Gasteiger partial charge in [-0.15, -0.1) is 13.2 Å². The lowest BCUT2D eigenvalue weighted by atomic mass is 9.89. The number of nitrogens with one attached hydrogen (secondary N) is 1. The van der Waals surface area contributed by atoms with Crippen LogP contribution in [0.25, 0.3) is 0 Å². The molecule has 1 aliphatic rings. The van der Waals surface area contributed by atoms with Crippen molar-refractivity contribution in [2.75, 3.05) is 13.1 Å². The van der Waals surface area contributed by atoms with Crippen molar-refractivity contribution in [3.05, 3.63) is 29.8 Å². The zero-order chi connectivity index (χ0) is 13.2. The molecule has 2 atom stereocenters. The van der Waals surface area contributed by atoms with E-state index in [1.165, 1.54) is 24.3 Å². The van der Waals surface area contributed by atoms with E-state index in [4.69, 9.17) is 0 Å². The molecule has 6 heteroatoms. The molecular weight excluding hydrogens is 250 g/mol. The highest BCUT2D eigenvalue weighted by molar-refractivity contribution is 5.30. The quantitative estimate of drug-likeness (QED) is 0.828. The molecule has 1 N–H and O–H groups in total. The van der Waals surface area contributed by atoms with Crippen LogP contribution in [-0.4, -0.2) is 25.6 Å². The molecule has 1 aliphatic heterocycles. The first-order valence-corrected chi connectivity index (χ1v) is 5.66. The highest BCUT2D eigenvalue weighted by atomic mass is 19.4. The van der Waals surface area contributed by atoms with Crippen molar-refractivity contribution in [1.82, 2.24) is 5.32 Å². The summed E-state index contributed by atoms with van der Waals surface area (Å²) < 4.78 is 53.3. The van der Waals surface area contributed by atoms with Crippen LogP contribution in [0.15, 0.2) is 24.3 Å². The van der Waals surface area contributed by atoms with Crippen LogP contribution in [0.1, 0.15) is 17.9 Å². The van der Waals surface area contributed by atoms with E-state index in [9.17, 15) is 17.6 Å². The summed E-state index contributed by atoms with van der Waals surface area (Å²) >= 11 is 0. The van der Waals surface area contributed by atoms with Crippen molar-refractivity contribution in [3.63, 3.8) is 0 Å². The Balaban J connectivity index is 2.07. The topological polar surface area (TPSA) is 21.3 Å². The van der Waals surface area contributed by atoms with E-state index in [1.807, 2.05) is 0 Å². The first-order valence-electron chi connectivity index (χ1n) is 5.66. The van der Waals surface area contributed by atoms with Gasteiger partial charge in [-0.05, 0) is 30.7 Å². The average molecular weight is 263 g/mol. The molecule has 0 aromatic heterocycles. The normalized spacial score (nSPS) is 24.9. The number of rotatable bonds is 2. The number of ether oxygens (including phenoxy) is 1. The van der Waals surface area contributed by atoms with Crippen LogP contribution in [0.4, 0.5) is 17.6 Å². The van der Waals surface area contributed by atoms with Crippen LogP contribution in [0.3, 0.4) is 0 Å². The van der Waals surface area contributed by atoms with Crippen LogP contribution in [0, 0.1) is 0 Å². The third kappa shape index (κ3) is 3.35. The highest BCUT2D eigenvalue weighted by Gasteiger charge is 2.31.